The summed E-state index contributed by atoms with van der Waals surface area (Å²) in [5.74, 6) is 0.655. The predicted molar refractivity (Wildman–Crippen MR) is 111 cm³/mol. The first kappa shape index (κ1) is 20.7. The molecular formula is C20H20F3N7O. The highest BCUT2D eigenvalue weighted by Crippen LogP contribution is 2.27. The number of rotatable bonds is 6. The van der Waals surface area contributed by atoms with Gasteiger partial charge in [0.15, 0.2) is 0 Å². The number of hydrogen-bond donors (Lipinski definition) is 3. The SMILES string of the molecule is FC(F)(F)Oc1cccc(Nc2nc(Nc3ccccc3)nc(N3CCNCC3)n2)c1. The number of halogens is 3. The van der Waals surface area contributed by atoms with Gasteiger partial charge in [-0.05, 0) is 24.3 Å². The molecule has 2 heterocycles. The molecule has 4 rings (SSSR count). The van der Waals surface area contributed by atoms with E-state index in [1.54, 1.807) is 6.07 Å². The molecule has 0 radical (unpaired) electrons. The number of nitrogens with one attached hydrogen (secondary N) is 3. The van der Waals surface area contributed by atoms with Crippen LogP contribution in [0, 0.1) is 0 Å². The second kappa shape index (κ2) is 9.04. The monoisotopic (exact) mass is 431 g/mol. The van der Waals surface area contributed by atoms with Gasteiger partial charge in [0.05, 0.1) is 0 Å². The molecular weight excluding hydrogens is 411 g/mol. The molecule has 3 N–H and O–H groups in total. The van der Waals surface area contributed by atoms with Crippen molar-refractivity contribution in [1.29, 1.82) is 0 Å². The highest BCUT2D eigenvalue weighted by atomic mass is 19.4. The highest BCUT2D eigenvalue weighted by Gasteiger charge is 2.31. The molecule has 31 heavy (non-hydrogen) atoms. The zero-order valence-corrected chi connectivity index (χ0v) is 16.4. The van der Waals surface area contributed by atoms with Gasteiger partial charge in [-0.1, -0.05) is 24.3 Å². The summed E-state index contributed by atoms with van der Waals surface area (Å²) in [6.45, 7) is 3.05. The third kappa shape index (κ3) is 5.95. The molecule has 1 aromatic heterocycles. The van der Waals surface area contributed by atoms with Crippen LogP contribution in [-0.2, 0) is 0 Å². The predicted octanol–water partition coefficient (Wildman–Crippen LogP) is 3.67. The molecule has 2 aromatic carbocycles. The van der Waals surface area contributed by atoms with Crippen molar-refractivity contribution < 1.29 is 17.9 Å². The Kier molecular flexibility index (Phi) is 6.03. The van der Waals surface area contributed by atoms with E-state index in [1.165, 1.54) is 18.2 Å². The third-order valence-electron chi connectivity index (χ3n) is 4.38. The van der Waals surface area contributed by atoms with Crippen LogP contribution in [0.3, 0.4) is 0 Å². The molecule has 3 aromatic rings. The molecule has 1 aliphatic heterocycles. The minimum Gasteiger partial charge on any atom is -0.406 e. The molecule has 0 amide bonds. The number of hydrogen-bond acceptors (Lipinski definition) is 8. The van der Waals surface area contributed by atoms with E-state index in [4.69, 9.17) is 0 Å². The Hall–Kier alpha value is -3.60. The summed E-state index contributed by atoms with van der Waals surface area (Å²) in [6, 6.07) is 14.9. The molecule has 1 fully saturated rings. The highest BCUT2D eigenvalue weighted by molar-refractivity contribution is 5.60. The molecule has 11 heteroatoms. The van der Waals surface area contributed by atoms with Gasteiger partial charge < -0.3 is 25.6 Å². The van der Waals surface area contributed by atoms with E-state index in [1.807, 2.05) is 35.2 Å². The number of piperazine rings is 1. The molecule has 1 saturated heterocycles. The van der Waals surface area contributed by atoms with Gasteiger partial charge >= 0.3 is 6.36 Å². The van der Waals surface area contributed by atoms with Crippen molar-refractivity contribution in [1.82, 2.24) is 20.3 Å². The van der Waals surface area contributed by atoms with Crippen molar-refractivity contribution in [3.63, 3.8) is 0 Å². The summed E-state index contributed by atoms with van der Waals surface area (Å²) in [7, 11) is 0. The Labute approximate surface area is 176 Å². The van der Waals surface area contributed by atoms with Crippen LogP contribution in [0.2, 0.25) is 0 Å². The second-order valence-electron chi connectivity index (χ2n) is 6.71. The molecule has 0 aliphatic carbocycles. The average Bonchev–Trinajstić information content (AvgIpc) is 2.74. The Morgan fingerprint density at radius 2 is 1.48 bits per heavy atom. The smallest absolute Gasteiger partial charge is 0.406 e. The fraction of sp³-hybridized carbons (Fsp3) is 0.250. The molecule has 1 aliphatic rings. The van der Waals surface area contributed by atoms with Crippen molar-refractivity contribution in [3.8, 4) is 5.75 Å². The summed E-state index contributed by atoms with van der Waals surface area (Å²) in [5, 5.41) is 9.35. The van der Waals surface area contributed by atoms with Gasteiger partial charge in [-0.2, -0.15) is 15.0 Å². The van der Waals surface area contributed by atoms with Crippen LogP contribution in [0.15, 0.2) is 54.6 Å². The van der Waals surface area contributed by atoms with Crippen LogP contribution in [0.5, 0.6) is 5.75 Å². The summed E-state index contributed by atoms with van der Waals surface area (Å²) in [6.07, 6.45) is -4.77. The van der Waals surface area contributed by atoms with Crippen LogP contribution >= 0.6 is 0 Å². The Morgan fingerprint density at radius 3 is 2.16 bits per heavy atom. The number of benzene rings is 2. The molecule has 162 valence electrons. The normalized spacial score (nSPS) is 14.2. The van der Waals surface area contributed by atoms with Gasteiger partial charge in [0.2, 0.25) is 17.8 Å². The fourth-order valence-corrected chi connectivity index (χ4v) is 3.03. The lowest BCUT2D eigenvalue weighted by Gasteiger charge is -2.27. The third-order valence-corrected chi connectivity index (χ3v) is 4.38. The maximum atomic E-state index is 12.5. The maximum Gasteiger partial charge on any atom is 0.573 e. The number of alkyl halides is 3. The molecule has 0 saturated carbocycles. The fourth-order valence-electron chi connectivity index (χ4n) is 3.03. The summed E-state index contributed by atoms with van der Waals surface area (Å²) >= 11 is 0. The van der Waals surface area contributed by atoms with Crippen molar-refractivity contribution in [2.24, 2.45) is 0 Å². The number of para-hydroxylation sites is 1. The number of aromatic nitrogens is 3. The summed E-state index contributed by atoms with van der Waals surface area (Å²) < 4.78 is 41.6. The van der Waals surface area contributed by atoms with Crippen molar-refractivity contribution in [2.45, 2.75) is 6.36 Å². The standard InChI is InChI=1S/C20H20F3N7O/c21-20(22,23)31-16-8-4-7-15(13-16)26-18-27-17(25-14-5-2-1-3-6-14)28-19(29-18)30-11-9-24-10-12-30/h1-8,13,24H,9-12H2,(H2,25,26,27,28,29). The van der Waals surface area contributed by atoms with Gasteiger partial charge in [0.1, 0.15) is 5.75 Å². The van der Waals surface area contributed by atoms with Crippen LogP contribution < -0.4 is 25.6 Å². The van der Waals surface area contributed by atoms with Crippen molar-refractivity contribution >= 4 is 29.2 Å². The van der Waals surface area contributed by atoms with E-state index < -0.39 is 6.36 Å². The molecule has 8 nitrogen and oxygen atoms in total. The first-order chi connectivity index (χ1) is 14.9. The Bertz CT molecular complexity index is 1010. The quantitative estimate of drug-likeness (QED) is 0.545. The van der Waals surface area contributed by atoms with Gasteiger partial charge in [0.25, 0.3) is 0 Å². The zero-order valence-electron chi connectivity index (χ0n) is 16.4. The van der Waals surface area contributed by atoms with E-state index in [0.717, 1.165) is 31.9 Å². The van der Waals surface area contributed by atoms with Gasteiger partial charge in [-0.15, -0.1) is 13.2 Å². The van der Waals surface area contributed by atoms with E-state index in [2.05, 4.69) is 35.6 Å². The van der Waals surface area contributed by atoms with Gasteiger partial charge in [-0.25, -0.2) is 0 Å². The van der Waals surface area contributed by atoms with Crippen LogP contribution in [0.1, 0.15) is 0 Å². The summed E-state index contributed by atoms with van der Waals surface area (Å²) in [5.41, 5.74) is 1.15. The summed E-state index contributed by atoms with van der Waals surface area (Å²) in [4.78, 5) is 15.4. The van der Waals surface area contributed by atoms with Crippen LogP contribution in [-0.4, -0.2) is 47.5 Å². The van der Waals surface area contributed by atoms with E-state index in [9.17, 15) is 13.2 Å². The molecule has 0 unspecified atom stereocenters. The first-order valence-electron chi connectivity index (χ1n) is 9.61. The Balaban J connectivity index is 1.61. The first-order valence-corrected chi connectivity index (χ1v) is 9.61. The van der Waals surface area contributed by atoms with Gasteiger partial charge in [-0.3, -0.25) is 0 Å². The minimum atomic E-state index is -4.77. The lowest BCUT2D eigenvalue weighted by molar-refractivity contribution is -0.274. The Morgan fingerprint density at radius 1 is 0.839 bits per heavy atom. The zero-order chi connectivity index (χ0) is 21.7. The van der Waals surface area contributed by atoms with E-state index in [0.29, 0.717) is 17.6 Å². The van der Waals surface area contributed by atoms with Crippen LogP contribution in [0.4, 0.5) is 42.4 Å². The largest absolute Gasteiger partial charge is 0.573 e. The van der Waals surface area contributed by atoms with Crippen molar-refractivity contribution in [2.75, 3.05) is 41.7 Å². The molecule has 0 bridgehead atoms. The number of anilines is 5. The lowest BCUT2D eigenvalue weighted by atomic mass is 10.3. The average molecular weight is 431 g/mol. The van der Waals surface area contributed by atoms with Crippen molar-refractivity contribution in [3.05, 3.63) is 54.6 Å². The van der Waals surface area contributed by atoms with E-state index in [-0.39, 0.29) is 11.7 Å². The lowest BCUT2D eigenvalue weighted by Crippen LogP contribution is -2.44. The van der Waals surface area contributed by atoms with Gasteiger partial charge in [0, 0.05) is 43.6 Å². The maximum absolute atomic E-state index is 12.5. The minimum absolute atomic E-state index is 0.200. The molecule has 0 spiro atoms. The topological polar surface area (TPSA) is 87.2 Å². The van der Waals surface area contributed by atoms with Crippen LogP contribution in [0.25, 0.3) is 0 Å². The van der Waals surface area contributed by atoms with E-state index >= 15 is 0 Å². The second-order valence-corrected chi connectivity index (χ2v) is 6.71. The number of ether oxygens (including phenoxy) is 1. The number of nitrogens with zero attached hydrogens (tertiary/aromatic N) is 4. The molecule has 0 atom stereocenters.